The summed E-state index contributed by atoms with van der Waals surface area (Å²) in [5.74, 6) is 0.503. The lowest BCUT2D eigenvalue weighted by Crippen LogP contribution is -2.52. The molecule has 8 rings (SSSR count). The second kappa shape index (κ2) is 16.3. The number of aliphatic hydroxyl groups excluding tert-OH is 1. The van der Waals surface area contributed by atoms with Crippen LogP contribution in [0.5, 0.6) is 11.5 Å². The first-order valence-electron chi connectivity index (χ1n) is 17.9. The first-order chi connectivity index (χ1) is 25.8. The largest absolute Gasteiger partial charge is 0.506 e. The maximum absolute atomic E-state index is 13.2. The molecule has 6 N–H and O–H groups in total. The molecule has 12 heteroatoms. The van der Waals surface area contributed by atoms with Crippen LogP contribution < -0.4 is 26.2 Å². The molecule has 1 aromatic heterocycles. The Balaban J connectivity index is 0.902. The molecule has 3 saturated heterocycles. The number of fused-ring (bicyclic) bond motifs is 4. The Labute approximate surface area is 306 Å². The zero-order valence-electron chi connectivity index (χ0n) is 29.2. The fourth-order valence-corrected chi connectivity index (χ4v) is 7.19. The Hall–Kier alpha value is -5.69. The maximum atomic E-state index is 13.2. The summed E-state index contributed by atoms with van der Waals surface area (Å²) in [5, 5.41) is 30.6. The van der Waals surface area contributed by atoms with Gasteiger partial charge in [-0.15, -0.1) is 0 Å². The van der Waals surface area contributed by atoms with E-state index in [0.717, 1.165) is 49.2 Å². The van der Waals surface area contributed by atoms with Crippen molar-refractivity contribution < 1.29 is 29.3 Å². The number of anilines is 1. The van der Waals surface area contributed by atoms with Gasteiger partial charge in [-0.05, 0) is 90.5 Å². The van der Waals surface area contributed by atoms with Crippen LogP contribution in [0.25, 0.3) is 10.9 Å². The molecule has 3 atom stereocenters. The highest BCUT2D eigenvalue weighted by Gasteiger charge is 2.37. The van der Waals surface area contributed by atoms with Crippen LogP contribution in [0.3, 0.4) is 0 Å². The minimum Gasteiger partial charge on any atom is -0.506 e. The van der Waals surface area contributed by atoms with Gasteiger partial charge in [-0.2, -0.15) is 0 Å². The summed E-state index contributed by atoms with van der Waals surface area (Å²) < 4.78 is 11.8. The van der Waals surface area contributed by atoms with E-state index in [9.17, 15) is 24.6 Å². The summed E-state index contributed by atoms with van der Waals surface area (Å²) in [6, 6.07) is 29.9. The summed E-state index contributed by atoms with van der Waals surface area (Å²) in [6.45, 7) is 3.40. The molecule has 12 nitrogen and oxygen atoms in total. The standard InChI is InChI=1S/C41H43N5O7/c47-34-15-13-32(33-14-16-37(49)44-40(33)34)35(48)23-42-22-26-9-11-30(12-10-26)43-38(50)25-52-31-8-4-7-29(21-31)39(28-5-2-1-3-6-28)45-41(51)53-36-24-46-19-17-27(36)18-20-46/h1-16,21,27,35-36,39,42,47-48H,17-20,22-25H2,(H,43,50)(H,44,49)(H,45,51)/t35?,36?,39-/m0/s1. The minimum absolute atomic E-state index is 0.0610. The highest BCUT2D eigenvalue weighted by atomic mass is 16.6. The number of phenolic OH excluding ortho intramolecular Hbond substituents is 1. The van der Waals surface area contributed by atoms with E-state index in [1.807, 2.05) is 60.7 Å². The molecular weight excluding hydrogens is 674 g/mol. The Morgan fingerprint density at radius 3 is 2.43 bits per heavy atom. The third kappa shape index (κ3) is 8.86. The number of amides is 2. The van der Waals surface area contributed by atoms with Crippen LogP contribution in [-0.4, -0.2) is 71.0 Å². The van der Waals surface area contributed by atoms with Gasteiger partial charge in [0.05, 0.1) is 17.7 Å². The quantitative estimate of drug-likeness (QED) is 0.0985. The van der Waals surface area contributed by atoms with Crippen molar-refractivity contribution >= 4 is 28.6 Å². The number of pyridine rings is 1. The molecule has 53 heavy (non-hydrogen) atoms. The van der Waals surface area contributed by atoms with Crippen molar-refractivity contribution in [3.8, 4) is 11.5 Å². The van der Waals surface area contributed by atoms with Crippen LogP contribution in [0.4, 0.5) is 10.5 Å². The Morgan fingerprint density at radius 2 is 1.68 bits per heavy atom. The van der Waals surface area contributed by atoms with Gasteiger partial charge in [0, 0.05) is 36.8 Å². The summed E-state index contributed by atoms with van der Waals surface area (Å²) >= 11 is 0. The number of nitrogens with one attached hydrogen (secondary N) is 4. The van der Waals surface area contributed by atoms with Gasteiger partial charge in [-0.1, -0.05) is 60.7 Å². The number of carbonyl (C=O) groups is 2. The number of aromatic nitrogens is 1. The average molecular weight is 718 g/mol. The second-order valence-electron chi connectivity index (χ2n) is 13.6. The first kappa shape index (κ1) is 35.7. The van der Waals surface area contributed by atoms with E-state index in [1.54, 1.807) is 30.3 Å². The van der Waals surface area contributed by atoms with Crippen LogP contribution in [0.15, 0.2) is 108 Å². The molecule has 5 aromatic rings. The average Bonchev–Trinajstić information content (AvgIpc) is 3.18. The predicted octanol–water partition coefficient (Wildman–Crippen LogP) is 4.98. The molecule has 2 unspecified atom stereocenters. The molecular formula is C41H43N5O7. The number of H-pyrrole nitrogens is 1. The number of rotatable bonds is 13. The van der Waals surface area contributed by atoms with Gasteiger partial charge >= 0.3 is 6.09 Å². The molecule has 3 fully saturated rings. The third-order valence-corrected chi connectivity index (χ3v) is 9.98. The third-order valence-electron chi connectivity index (χ3n) is 9.98. The number of aromatic hydroxyl groups is 1. The SMILES string of the molecule is O=C(COc1cccc([C@@H](NC(=O)OC2CN3CCC2CC3)c2ccccc2)c1)Nc1ccc(CNCC(O)c2ccc(O)c3[nH]c(=O)ccc23)cc1. The molecule has 0 radical (unpaired) electrons. The molecule has 0 saturated carbocycles. The van der Waals surface area contributed by atoms with Gasteiger partial charge in [0.15, 0.2) is 6.61 Å². The fourth-order valence-electron chi connectivity index (χ4n) is 7.19. The number of hydrogen-bond donors (Lipinski definition) is 6. The lowest BCUT2D eigenvalue weighted by atomic mass is 9.86. The van der Waals surface area contributed by atoms with E-state index >= 15 is 0 Å². The van der Waals surface area contributed by atoms with Crippen LogP contribution in [-0.2, 0) is 16.1 Å². The zero-order valence-corrected chi connectivity index (χ0v) is 29.2. The molecule has 0 aliphatic carbocycles. The minimum atomic E-state index is -0.875. The Morgan fingerprint density at radius 1 is 0.906 bits per heavy atom. The van der Waals surface area contributed by atoms with Gasteiger partial charge in [0.1, 0.15) is 17.6 Å². The van der Waals surface area contributed by atoms with Gasteiger partial charge in [0.25, 0.3) is 5.91 Å². The van der Waals surface area contributed by atoms with Crippen molar-refractivity contribution in [1.82, 2.24) is 20.5 Å². The van der Waals surface area contributed by atoms with E-state index in [1.165, 1.54) is 12.1 Å². The molecule has 4 heterocycles. The van der Waals surface area contributed by atoms with E-state index in [2.05, 4.69) is 25.8 Å². The van der Waals surface area contributed by atoms with Crippen molar-refractivity contribution in [2.75, 3.05) is 38.1 Å². The Kier molecular flexibility index (Phi) is 11.0. The molecule has 0 spiro atoms. The fraction of sp³-hybridized carbons (Fsp3) is 0.293. The maximum Gasteiger partial charge on any atom is 0.408 e. The van der Waals surface area contributed by atoms with Crippen LogP contribution in [0.1, 0.15) is 47.2 Å². The summed E-state index contributed by atoms with van der Waals surface area (Å²) in [5.41, 5.74) is 3.77. The lowest BCUT2D eigenvalue weighted by Gasteiger charge is -2.43. The summed E-state index contributed by atoms with van der Waals surface area (Å²) in [4.78, 5) is 42.6. The number of ether oxygens (including phenoxy) is 2. The van der Waals surface area contributed by atoms with Crippen molar-refractivity contribution in [3.63, 3.8) is 0 Å². The van der Waals surface area contributed by atoms with Crippen molar-refractivity contribution in [1.29, 1.82) is 0 Å². The van der Waals surface area contributed by atoms with Gasteiger partial charge < -0.3 is 40.6 Å². The zero-order chi connectivity index (χ0) is 36.7. The predicted molar refractivity (Wildman–Crippen MR) is 201 cm³/mol. The number of nitrogens with zero attached hydrogens (tertiary/aromatic N) is 1. The number of piperidine rings is 3. The first-order valence-corrected chi connectivity index (χ1v) is 17.9. The number of benzene rings is 4. The number of alkyl carbamates (subject to hydrolysis) is 1. The van der Waals surface area contributed by atoms with E-state index in [-0.39, 0.29) is 42.0 Å². The molecule has 2 amide bonds. The Bertz CT molecular complexity index is 2100. The molecule has 2 bridgehead atoms. The van der Waals surface area contributed by atoms with Crippen molar-refractivity contribution in [2.24, 2.45) is 5.92 Å². The number of phenols is 1. The number of carbonyl (C=O) groups excluding carboxylic acids is 2. The van der Waals surface area contributed by atoms with Crippen LogP contribution in [0.2, 0.25) is 0 Å². The van der Waals surface area contributed by atoms with E-state index in [4.69, 9.17) is 9.47 Å². The van der Waals surface area contributed by atoms with Crippen LogP contribution >= 0.6 is 0 Å². The monoisotopic (exact) mass is 717 g/mol. The molecule has 3 aliphatic rings. The second-order valence-corrected chi connectivity index (χ2v) is 13.6. The van der Waals surface area contributed by atoms with Gasteiger partial charge in [-0.3, -0.25) is 14.5 Å². The summed E-state index contributed by atoms with van der Waals surface area (Å²) in [7, 11) is 0. The van der Waals surface area contributed by atoms with Crippen molar-refractivity contribution in [2.45, 2.75) is 37.6 Å². The van der Waals surface area contributed by atoms with Gasteiger partial charge in [0.2, 0.25) is 5.56 Å². The highest BCUT2D eigenvalue weighted by Crippen LogP contribution is 2.31. The van der Waals surface area contributed by atoms with E-state index < -0.39 is 18.2 Å². The van der Waals surface area contributed by atoms with Gasteiger partial charge in [-0.25, -0.2) is 4.79 Å². The van der Waals surface area contributed by atoms with Crippen LogP contribution in [0, 0.1) is 5.92 Å². The molecule has 4 aromatic carbocycles. The van der Waals surface area contributed by atoms with E-state index in [0.29, 0.717) is 34.8 Å². The topological polar surface area (TPSA) is 165 Å². The number of aliphatic hydroxyl groups is 1. The summed E-state index contributed by atoms with van der Waals surface area (Å²) in [6.07, 6.45) is 0.667. The normalized spacial score (nSPS) is 18.9. The number of aromatic amines is 1. The number of hydrogen-bond acceptors (Lipinski definition) is 9. The molecule has 3 aliphatic heterocycles. The smallest absolute Gasteiger partial charge is 0.408 e. The highest BCUT2D eigenvalue weighted by molar-refractivity contribution is 5.92. The van der Waals surface area contributed by atoms with Crippen molar-refractivity contribution in [3.05, 3.63) is 136 Å². The molecule has 274 valence electrons. The lowest BCUT2D eigenvalue weighted by molar-refractivity contribution is -0.118.